The van der Waals surface area contributed by atoms with Crippen molar-refractivity contribution in [2.24, 2.45) is 10.9 Å². The number of oxime groups is 1. The molecule has 0 aliphatic carbocycles. The summed E-state index contributed by atoms with van der Waals surface area (Å²) in [4.78, 5) is 0. The van der Waals surface area contributed by atoms with E-state index in [-0.39, 0.29) is 5.84 Å². The Balaban J connectivity index is 2.64. The van der Waals surface area contributed by atoms with E-state index in [0.29, 0.717) is 36.2 Å². The number of halogens is 1. The molecule has 1 rings (SSSR count). The third-order valence-electron chi connectivity index (χ3n) is 2.16. The first-order chi connectivity index (χ1) is 8.69. The highest BCUT2D eigenvalue weighted by Crippen LogP contribution is 2.22. The molecule has 0 fully saturated rings. The molecule has 5 nitrogen and oxygen atoms in total. The van der Waals surface area contributed by atoms with Gasteiger partial charge < -0.3 is 20.4 Å². The van der Waals surface area contributed by atoms with E-state index in [0.717, 1.165) is 6.42 Å². The summed E-state index contributed by atoms with van der Waals surface area (Å²) >= 11 is 5.85. The summed E-state index contributed by atoms with van der Waals surface area (Å²) in [5.74, 6) is 0.469. The maximum Gasteiger partial charge on any atom is 0.173 e. The smallest absolute Gasteiger partial charge is 0.173 e. The summed E-state index contributed by atoms with van der Waals surface area (Å²) in [6.45, 7) is 3.63. The normalized spacial score (nSPS) is 11.6. The van der Waals surface area contributed by atoms with E-state index in [1.54, 1.807) is 18.2 Å². The second kappa shape index (κ2) is 7.79. The fourth-order valence-electron chi connectivity index (χ4n) is 1.34. The van der Waals surface area contributed by atoms with Gasteiger partial charge >= 0.3 is 0 Å². The Morgan fingerprint density at radius 1 is 1.39 bits per heavy atom. The number of benzene rings is 1. The van der Waals surface area contributed by atoms with Crippen LogP contribution in [0.4, 0.5) is 0 Å². The summed E-state index contributed by atoms with van der Waals surface area (Å²) in [5.41, 5.74) is 6.00. The van der Waals surface area contributed by atoms with E-state index in [9.17, 15) is 0 Å². The SMILES string of the molecule is CCCOCCOc1ccc(Cl)cc1C(N)=NO. The van der Waals surface area contributed by atoms with Crippen LogP contribution in [-0.2, 0) is 4.74 Å². The zero-order chi connectivity index (χ0) is 13.4. The molecular formula is C12H17ClN2O3. The lowest BCUT2D eigenvalue weighted by molar-refractivity contribution is 0.101. The molecular weight excluding hydrogens is 256 g/mol. The van der Waals surface area contributed by atoms with Crippen LogP contribution in [0.2, 0.25) is 5.02 Å². The number of amidine groups is 1. The first kappa shape index (κ1) is 14.6. The van der Waals surface area contributed by atoms with E-state index in [4.69, 9.17) is 32.0 Å². The average molecular weight is 273 g/mol. The van der Waals surface area contributed by atoms with Crippen molar-refractivity contribution >= 4 is 17.4 Å². The predicted molar refractivity (Wildman–Crippen MR) is 70.6 cm³/mol. The maximum atomic E-state index is 8.68. The van der Waals surface area contributed by atoms with Gasteiger partial charge in [-0.3, -0.25) is 0 Å². The molecule has 3 N–H and O–H groups in total. The molecule has 0 unspecified atom stereocenters. The Hall–Kier alpha value is -1.46. The Kier molecular flexibility index (Phi) is 6.32. The molecule has 18 heavy (non-hydrogen) atoms. The summed E-state index contributed by atoms with van der Waals surface area (Å²) in [7, 11) is 0. The molecule has 0 spiro atoms. The number of nitrogens with zero attached hydrogens (tertiary/aromatic N) is 1. The summed E-state index contributed by atoms with van der Waals surface area (Å²) < 4.78 is 10.8. The van der Waals surface area contributed by atoms with E-state index in [1.807, 2.05) is 6.92 Å². The summed E-state index contributed by atoms with van der Waals surface area (Å²) in [6.07, 6.45) is 0.969. The maximum absolute atomic E-state index is 8.68. The monoisotopic (exact) mass is 272 g/mol. The van der Waals surface area contributed by atoms with Crippen molar-refractivity contribution in [2.75, 3.05) is 19.8 Å². The predicted octanol–water partition coefficient (Wildman–Crippen LogP) is 2.24. The fourth-order valence-corrected chi connectivity index (χ4v) is 1.51. The van der Waals surface area contributed by atoms with Crippen LogP contribution in [0.5, 0.6) is 5.75 Å². The molecule has 1 aromatic carbocycles. The molecule has 6 heteroatoms. The minimum atomic E-state index is -0.0398. The lowest BCUT2D eigenvalue weighted by Crippen LogP contribution is -2.16. The third kappa shape index (κ3) is 4.43. The average Bonchev–Trinajstić information content (AvgIpc) is 2.39. The Bertz CT molecular complexity index is 410. The lowest BCUT2D eigenvalue weighted by atomic mass is 10.2. The summed E-state index contributed by atoms with van der Waals surface area (Å²) in [6, 6.07) is 4.94. The van der Waals surface area contributed by atoms with Crippen LogP contribution >= 0.6 is 11.6 Å². The molecule has 0 atom stereocenters. The van der Waals surface area contributed by atoms with Crippen LogP contribution in [0.15, 0.2) is 23.4 Å². The van der Waals surface area contributed by atoms with E-state index < -0.39 is 0 Å². The van der Waals surface area contributed by atoms with Gasteiger partial charge in [0.05, 0.1) is 12.2 Å². The topological polar surface area (TPSA) is 77.1 Å². The van der Waals surface area contributed by atoms with Crippen molar-refractivity contribution in [2.45, 2.75) is 13.3 Å². The first-order valence-electron chi connectivity index (χ1n) is 5.67. The fraction of sp³-hybridized carbons (Fsp3) is 0.417. The molecule has 0 bridgehead atoms. The quantitative estimate of drug-likeness (QED) is 0.262. The highest BCUT2D eigenvalue weighted by Gasteiger charge is 2.09. The van der Waals surface area contributed by atoms with Gasteiger partial charge in [0, 0.05) is 11.6 Å². The second-order valence-corrected chi connectivity index (χ2v) is 4.02. The van der Waals surface area contributed by atoms with Crippen molar-refractivity contribution in [1.29, 1.82) is 0 Å². The molecule has 0 saturated carbocycles. The number of hydrogen-bond donors (Lipinski definition) is 2. The minimum absolute atomic E-state index is 0.0398. The van der Waals surface area contributed by atoms with Gasteiger partial charge in [-0.2, -0.15) is 0 Å². The van der Waals surface area contributed by atoms with Crippen LogP contribution < -0.4 is 10.5 Å². The Morgan fingerprint density at radius 2 is 2.17 bits per heavy atom. The van der Waals surface area contributed by atoms with Gasteiger partial charge in [-0.25, -0.2) is 0 Å². The van der Waals surface area contributed by atoms with Gasteiger partial charge in [0.25, 0.3) is 0 Å². The minimum Gasteiger partial charge on any atom is -0.490 e. The van der Waals surface area contributed by atoms with Gasteiger partial charge in [0.2, 0.25) is 0 Å². The van der Waals surface area contributed by atoms with E-state index in [2.05, 4.69) is 5.16 Å². The molecule has 0 radical (unpaired) electrons. The number of nitrogens with two attached hydrogens (primary N) is 1. The third-order valence-corrected chi connectivity index (χ3v) is 2.39. The van der Waals surface area contributed by atoms with Crippen LogP contribution in [0.3, 0.4) is 0 Å². The van der Waals surface area contributed by atoms with Crippen molar-refractivity contribution in [1.82, 2.24) is 0 Å². The van der Waals surface area contributed by atoms with E-state index >= 15 is 0 Å². The molecule has 0 aliphatic rings. The molecule has 0 saturated heterocycles. The van der Waals surface area contributed by atoms with Crippen molar-refractivity contribution in [3.8, 4) is 5.75 Å². The number of rotatable bonds is 7. The van der Waals surface area contributed by atoms with Crippen LogP contribution in [-0.4, -0.2) is 30.9 Å². The molecule has 0 heterocycles. The zero-order valence-electron chi connectivity index (χ0n) is 10.2. The van der Waals surface area contributed by atoms with Crippen molar-refractivity contribution in [3.05, 3.63) is 28.8 Å². The lowest BCUT2D eigenvalue weighted by Gasteiger charge is -2.11. The highest BCUT2D eigenvalue weighted by molar-refractivity contribution is 6.31. The van der Waals surface area contributed by atoms with Gasteiger partial charge in [-0.05, 0) is 24.6 Å². The van der Waals surface area contributed by atoms with Crippen LogP contribution in [0.1, 0.15) is 18.9 Å². The molecule has 0 aliphatic heterocycles. The Morgan fingerprint density at radius 3 is 2.83 bits per heavy atom. The van der Waals surface area contributed by atoms with Crippen LogP contribution in [0.25, 0.3) is 0 Å². The number of hydrogen-bond acceptors (Lipinski definition) is 4. The number of ether oxygens (including phenoxy) is 2. The highest BCUT2D eigenvalue weighted by atomic mass is 35.5. The van der Waals surface area contributed by atoms with Crippen molar-refractivity contribution < 1.29 is 14.7 Å². The standard InChI is InChI=1S/C12H17ClN2O3/c1-2-5-17-6-7-18-11-4-3-9(13)8-10(11)12(14)15-16/h3-4,8,16H,2,5-7H2,1H3,(H2,14,15). The largest absolute Gasteiger partial charge is 0.490 e. The molecule has 0 aromatic heterocycles. The molecule has 1 aromatic rings. The van der Waals surface area contributed by atoms with Crippen molar-refractivity contribution in [3.63, 3.8) is 0 Å². The van der Waals surface area contributed by atoms with E-state index in [1.165, 1.54) is 0 Å². The van der Waals surface area contributed by atoms with Gasteiger partial charge in [-0.1, -0.05) is 23.7 Å². The van der Waals surface area contributed by atoms with Crippen LogP contribution in [0, 0.1) is 0 Å². The van der Waals surface area contributed by atoms with Gasteiger partial charge in [0.1, 0.15) is 12.4 Å². The molecule has 100 valence electrons. The van der Waals surface area contributed by atoms with Gasteiger partial charge in [0.15, 0.2) is 5.84 Å². The second-order valence-electron chi connectivity index (χ2n) is 3.59. The first-order valence-corrected chi connectivity index (χ1v) is 6.04. The molecule has 0 amide bonds. The summed E-state index contributed by atoms with van der Waals surface area (Å²) in [5, 5.41) is 12.1. The Labute approximate surface area is 111 Å². The van der Waals surface area contributed by atoms with Gasteiger partial charge in [-0.15, -0.1) is 0 Å². The zero-order valence-corrected chi connectivity index (χ0v) is 11.0.